The average Bonchev–Trinajstić information content (AvgIpc) is 2.29. The van der Waals surface area contributed by atoms with E-state index in [0.717, 1.165) is 12.2 Å². The van der Waals surface area contributed by atoms with Crippen molar-refractivity contribution >= 4 is 11.6 Å². The number of hydrogen-bond acceptors (Lipinski definition) is 3. The second-order valence-electron chi connectivity index (χ2n) is 4.46. The van der Waals surface area contributed by atoms with E-state index < -0.39 is 5.41 Å². The van der Waals surface area contributed by atoms with Crippen LogP contribution >= 0.6 is 0 Å². The first-order chi connectivity index (χ1) is 8.70. The lowest BCUT2D eigenvalue weighted by Crippen LogP contribution is -2.40. The molecule has 4 heteroatoms. The number of hydrogen-bond donors (Lipinski definition) is 1. The molecule has 1 N–H and O–H groups in total. The van der Waals surface area contributed by atoms with Crippen molar-refractivity contribution in [3.05, 3.63) is 24.3 Å². The highest BCUT2D eigenvalue weighted by molar-refractivity contribution is 5.97. The van der Waals surface area contributed by atoms with Gasteiger partial charge in [-0.05, 0) is 38.3 Å². The third-order valence-corrected chi connectivity index (χ3v) is 3.26. The van der Waals surface area contributed by atoms with Gasteiger partial charge in [0.2, 0.25) is 5.91 Å². The number of ether oxygens (including phenoxy) is 1. The number of carbonyl (C=O) groups excluding carboxylic acids is 1. The van der Waals surface area contributed by atoms with Crippen molar-refractivity contribution in [2.75, 3.05) is 11.9 Å². The second-order valence-corrected chi connectivity index (χ2v) is 4.46. The fourth-order valence-corrected chi connectivity index (χ4v) is 2.00. The van der Waals surface area contributed by atoms with Gasteiger partial charge in [0.25, 0.3) is 0 Å². The van der Waals surface area contributed by atoms with Crippen LogP contribution in [-0.2, 0) is 4.79 Å². The van der Waals surface area contributed by atoms with Crippen LogP contribution in [-0.4, -0.2) is 12.5 Å². The lowest BCUT2D eigenvalue weighted by atomic mass is 9.69. The van der Waals surface area contributed by atoms with Gasteiger partial charge >= 0.3 is 0 Å². The molecule has 1 aliphatic carbocycles. The molecular weight excluding hydrogens is 228 g/mol. The maximum absolute atomic E-state index is 12.0. The highest BCUT2D eigenvalue weighted by Crippen LogP contribution is 2.41. The van der Waals surface area contributed by atoms with Crippen LogP contribution in [0.1, 0.15) is 26.2 Å². The minimum atomic E-state index is -0.818. The summed E-state index contributed by atoms with van der Waals surface area (Å²) in [6.45, 7) is 2.49. The highest BCUT2D eigenvalue weighted by atomic mass is 16.5. The van der Waals surface area contributed by atoms with E-state index >= 15 is 0 Å². The molecule has 1 aliphatic rings. The Morgan fingerprint density at radius 3 is 2.89 bits per heavy atom. The van der Waals surface area contributed by atoms with Crippen LogP contribution < -0.4 is 10.1 Å². The predicted octanol–water partition coefficient (Wildman–Crippen LogP) is 2.72. The van der Waals surface area contributed by atoms with Gasteiger partial charge < -0.3 is 10.1 Å². The molecule has 0 unspecified atom stereocenters. The zero-order valence-corrected chi connectivity index (χ0v) is 10.4. The van der Waals surface area contributed by atoms with Crippen molar-refractivity contribution in [3.63, 3.8) is 0 Å². The molecule has 0 atom stereocenters. The molecular formula is C14H16N2O2. The molecule has 0 heterocycles. The summed E-state index contributed by atoms with van der Waals surface area (Å²) in [5.41, 5.74) is -0.144. The molecule has 1 aromatic rings. The van der Waals surface area contributed by atoms with Crippen LogP contribution in [0.25, 0.3) is 0 Å². The molecule has 4 nitrogen and oxygen atoms in total. The fraction of sp³-hybridized carbons (Fsp3) is 0.429. The molecule has 1 aromatic carbocycles. The van der Waals surface area contributed by atoms with Crippen LogP contribution in [0, 0.1) is 16.7 Å². The third-order valence-electron chi connectivity index (χ3n) is 3.26. The minimum Gasteiger partial charge on any atom is -0.494 e. The van der Waals surface area contributed by atoms with Crippen molar-refractivity contribution in [1.82, 2.24) is 0 Å². The zero-order valence-electron chi connectivity index (χ0n) is 10.4. The van der Waals surface area contributed by atoms with Crippen LogP contribution in [0.3, 0.4) is 0 Å². The Labute approximate surface area is 107 Å². The zero-order chi connectivity index (χ0) is 13.0. The van der Waals surface area contributed by atoms with Gasteiger partial charge in [-0.15, -0.1) is 0 Å². The monoisotopic (exact) mass is 244 g/mol. The van der Waals surface area contributed by atoms with E-state index in [4.69, 9.17) is 10.00 Å². The molecule has 1 amide bonds. The number of nitrogens with zero attached hydrogens (tertiary/aromatic N) is 1. The molecule has 1 fully saturated rings. The van der Waals surface area contributed by atoms with Gasteiger partial charge in [0.05, 0.1) is 12.7 Å². The summed E-state index contributed by atoms with van der Waals surface area (Å²) in [5.74, 6) is 0.514. The van der Waals surface area contributed by atoms with E-state index in [-0.39, 0.29) is 5.91 Å². The van der Waals surface area contributed by atoms with E-state index in [1.54, 1.807) is 12.1 Å². The number of nitriles is 1. The Kier molecular flexibility index (Phi) is 3.52. The predicted molar refractivity (Wildman–Crippen MR) is 68.1 cm³/mol. The number of amides is 1. The summed E-state index contributed by atoms with van der Waals surface area (Å²) in [4.78, 5) is 12.0. The minimum absolute atomic E-state index is 0.204. The molecule has 2 rings (SSSR count). The molecule has 1 saturated carbocycles. The summed E-state index contributed by atoms with van der Waals surface area (Å²) in [5, 5.41) is 11.9. The topological polar surface area (TPSA) is 62.1 Å². The Morgan fingerprint density at radius 1 is 1.56 bits per heavy atom. The first-order valence-electron chi connectivity index (χ1n) is 6.16. The van der Waals surface area contributed by atoms with Crippen LogP contribution in [0.15, 0.2) is 24.3 Å². The molecule has 0 saturated heterocycles. The number of carbonyl (C=O) groups is 1. The Hall–Kier alpha value is -2.02. The SMILES string of the molecule is CCOc1cccc(NC(=O)C2(C#N)CCC2)c1. The maximum atomic E-state index is 12.0. The van der Waals surface area contributed by atoms with Crippen molar-refractivity contribution < 1.29 is 9.53 Å². The molecule has 18 heavy (non-hydrogen) atoms. The normalized spacial score (nSPS) is 16.2. The number of benzene rings is 1. The van der Waals surface area contributed by atoms with Gasteiger partial charge in [0.15, 0.2) is 0 Å². The van der Waals surface area contributed by atoms with Crippen LogP contribution in [0.5, 0.6) is 5.75 Å². The van der Waals surface area contributed by atoms with E-state index in [2.05, 4.69) is 11.4 Å². The van der Waals surface area contributed by atoms with Crippen molar-refractivity contribution in [2.45, 2.75) is 26.2 Å². The van der Waals surface area contributed by atoms with E-state index in [9.17, 15) is 4.79 Å². The quantitative estimate of drug-likeness (QED) is 0.885. The van der Waals surface area contributed by atoms with E-state index in [1.807, 2.05) is 19.1 Å². The van der Waals surface area contributed by atoms with Gasteiger partial charge in [-0.2, -0.15) is 5.26 Å². The number of nitrogens with one attached hydrogen (secondary N) is 1. The van der Waals surface area contributed by atoms with Gasteiger partial charge in [-0.1, -0.05) is 6.07 Å². The summed E-state index contributed by atoms with van der Waals surface area (Å²) in [7, 11) is 0. The summed E-state index contributed by atoms with van der Waals surface area (Å²) < 4.78 is 5.36. The average molecular weight is 244 g/mol. The largest absolute Gasteiger partial charge is 0.494 e. The summed E-state index contributed by atoms with van der Waals surface area (Å²) >= 11 is 0. The number of anilines is 1. The molecule has 0 spiro atoms. The maximum Gasteiger partial charge on any atom is 0.244 e. The Bertz CT molecular complexity index is 487. The van der Waals surface area contributed by atoms with Crippen molar-refractivity contribution in [1.29, 1.82) is 5.26 Å². The lowest BCUT2D eigenvalue weighted by molar-refractivity contribution is -0.126. The van der Waals surface area contributed by atoms with E-state index in [0.29, 0.717) is 25.1 Å². The lowest BCUT2D eigenvalue weighted by Gasteiger charge is -2.33. The molecule has 0 radical (unpaired) electrons. The number of rotatable bonds is 4. The van der Waals surface area contributed by atoms with Gasteiger partial charge in [0.1, 0.15) is 11.2 Å². The molecule has 94 valence electrons. The van der Waals surface area contributed by atoms with Crippen molar-refractivity contribution in [3.8, 4) is 11.8 Å². The van der Waals surface area contributed by atoms with Crippen LogP contribution in [0.4, 0.5) is 5.69 Å². The smallest absolute Gasteiger partial charge is 0.244 e. The first-order valence-corrected chi connectivity index (χ1v) is 6.16. The standard InChI is InChI=1S/C14H16N2O2/c1-2-18-12-6-3-5-11(9-12)16-13(17)14(10-15)7-4-8-14/h3,5-6,9H,2,4,7-8H2,1H3,(H,16,17). The highest BCUT2D eigenvalue weighted by Gasteiger charge is 2.44. The van der Waals surface area contributed by atoms with Crippen molar-refractivity contribution in [2.24, 2.45) is 5.41 Å². The molecule has 0 aromatic heterocycles. The van der Waals surface area contributed by atoms with E-state index in [1.165, 1.54) is 0 Å². The summed E-state index contributed by atoms with van der Waals surface area (Å²) in [6.07, 6.45) is 2.25. The Morgan fingerprint density at radius 2 is 2.33 bits per heavy atom. The third kappa shape index (κ3) is 2.30. The van der Waals surface area contributed by atoms with Gasteiger partial charge in [-0.3, -0.25) is 4.79 Å². The second kappa shape index (κ2) is 5.09. The van der Waals surface area contributed by atoms with Gasteiger partial charge in [0, 0.05) is 11.8 Å². The summed E-state index contributed by atoms with van der Waals surface area (Å²) in [6, 6.07) is 9.35. The van der Waals surface area contributed by atoms with Crippen LogP contribution in [0.2, 0.25) is 0 Å². The Balaban J connectivity index is 2.07. The molecule has 0 bridgehead atoms. The first kappa shape index (κ1) is 12.4. The van der Waals surface area contributed by atoms with Gasteiger partial charge in [-0.25, -0.2) is 0 Å². The molecule has 0 aliphatic heterocycles. The fourth-order valence-electron chi connectivity index (χ4n) is 2.00.